The monoisotopic (exact) mass is 549 g/mol. The van der Waals surface area contributed by atoms with Crippen molar-refractivity contribution >= 4 is 65.3 Å². The molecular formula is C20H13Br2N3O4S. The number of aromatic nitrogens is 1. The van der Waals surface area contributed by atoms with Crippen LogP contribution in [0, 0.1) is 0 Å². The minimum absolute atomic E-state index is 0.0151. The van der Waals surface area contributed by atoms with Crippen LogP contribution in [-0.4, -0.2) is 24.4 Å². The second-order valence-electron chi connectivity index (χ2n) is 6.53. The number of anilines is 1. The molecule has 0 saturated carbocycles. The standard InChI is InChI=1S/C20H13Br2N3O4S/c21-16-6-10(7-17(22)18(16)26)5-15-14-8-12(9-24-19(14)25-20(15)27)11-1-3-13(4-2-11)30(23,28)29/h1-9,26H,(H2,23,28,29)(H,24,25,27)/b15-5-. The lowest BCUT2D eigenvalue weighted by Gasteiger charge is -2.06. The molecule has 0 unspecified atom stereocenters. The highest BCUT2D eigenvalue weighted by molar-refractivity contribution is 9.11. The number of hydrogen-bond donors (Lipinski definition) is 3. The van der Waals surface area contributed by atoms with Crippen LogP contribution in [0.25, 0.3) is 22.8 Å². The number of fused-ring (bicyclic) bond motifs is 1. The number of pyridine rings is 1. The molecule has 0 saturated heterocycles. The first-order valence-electron chi connectivity index (χ1n) is 8.48. The van der Waals surface area contributed by atoms with E-state index < -0.39 is 10.0 Å². The highest BCUT2D eigenvalue weighted by Crippen LogP contribution is 2.37. The van der Waals surface area contributed by atoms with E-state index in [0.717, 1.165) is 5.56 Å². The normalized spacial score (nSPS) is 14.6. The molecule has 0 aliphatic carbocycles. The third-order valence-corrected chi connectivity index (χ3v) is 6.66. The Labute approximate surface area is 189 Å². The largest absolute Gasteiger partial charge is 0.506 e. The van der Waals surface area contributed by atoms with Crippen LogP contribution in [0.15, 0.2) is 62.5 Å². The molecule has 1 aliphatic rings. The van der Waals surface area contributed by atoms with Gasteiger partial charge in [0.15, 0.2) is 0 Å². The number of carbonyl (C=O) groups is 1. The minimum Gasteiger partial charge on any atom is -0.506 e. The van der Waals surface area contributed by atoms with Gasteiger partial charge in [0.2, 0.25) is 10.0 Å². The quantitative estimate of drug-likeness (QED) is 0.423. The van der Waals surface area contributed by atoms with Crippen molar-refractivity contribution in [3.63, 3.8) is 0 Å². The summed E-state index contributed by atoms with van der Waals surface area (Å²) in [5.41, 5.74) is 3.18. The molecule has 30 heavy (non-hydrogen) atoms. The summed E-state index contributed by atoms with van der Waals surface area (Å²) in [6, 6.07) is 11.3. The first-order valence-corrected chi connectivity index (χ1v) is 11.6. The average Bonchev–Trinajstić information content (AvgIpc) is 3.00. The van der Waals surface area contributed by atoms with Crippen molar-refractivity contribution < 1.29 is 18.3 Å². The molecule has 2 aromatic carbocycles. The lowest BCUT2D eigenvalue weighted by atomic mass is 10.0. The molecule has 3 aromatic rings. The summed E-state index contributed by atoms with van der Waals surface area (Å²) < 4.78 is 23.9. The van der Waals surface area contributed by atoms with E-state index in [1.165, 1.54) is 12.1 Å². The number of carbonyl (C=O) groups excluding carboxylic acids is 1. The number of nitrogens with two attached hydrogens (primary N) is 1. The lowest BCUT2D eigenvalue weighted by molar-refractivity contribution is -0.110. The number of nitrogens with one attached hydrogen (secondary N) is 1. The number of nitrogens with zero attached hydrogens (tertiary/aromatic N) is 1. The zero-order valence-electron chi connectivity index (χ0n) is 15.1. The fraction of sp³-hybridized carbons (Fsp3) is 0. The lowest BCUT2D eigenvalue weighted by Crippen LogP contribution is -2.11. The summed E-state index contributed by atoms with van der Waals surface area (Å²) in [5.74, 6) is 0.216. The molecule has 10 heteroatoms. The van der Waals surface area contributed by atoms with Crippen LogP contribution in [0.5, 0.6) is 5.75 Å². The molecule has 0 radical (unpaired) electrons. The van der Waals surface area contributed by atoms with Gasteiger partial charge in [0.25, 0.3) is 5.91 Å². The molecule has 1 amide bonds. The van der Waals surface area contributed by atoms with Gasteiger partial charge in [-0.3, -0.25) is 4.79 Å². The summed E-state index contributed by atoms with van der Waals surface area (Å²) in [7, 11) is -3.78. The van der Waals surface area contributed by atoms with Gasteiger partial charge in [-0.15, -0.1) is 0 Å². The third-order valence-electron chi connectivity index (χ3n) is 4.52. The summed E-state index contributed by atoms with van der Waals surface area (Å²) in [5, 5.41) is 17.8. The van der Waals surface area contributed by atoms with E-state index in [1.54, 1.807) is 36.5 Å². The summed E-state index contributed by atoms with van der Waals surface area (Å²) in [6.07, 6.45) is 3.30. The number of amides is 1. The Morgan fingerprint density at radius 2 is 1.67 bits per heavy atom. The van der Waals surface area contributed by atoms with Crippen molar-refractivity contribution in [1.29, 1.82) is 0 Å². The van der Waals surface area contributed by atoms with Crippen LogP contribution < -0.4 is 10.5 Å². The second kappa shape index (κ2) is 7.62. The molecule has 0 fully saturated rings. The Balaban J connectivity index is 1.77. The van der Waals surface area contributed by atoms with Crippen LogP contribution in [0.4, 0.5) is 5.82 Å². The highest BCUT2D eigenvalue weighted by Gasteiger charge is 2.26. The molecular weight excluding hydrogens is 538 g/mol. The maximum Gasteiger partial charge on any atom is 0.257 e. The van der Waals surface area contributed by atoms with Crippen LogP contribution in [-0.2, 0) is 14.8 Å². The number of rotatable bonds is 3. The molecule has 7 nitrogen and oxygen atoms in total. The SMILES string of the molecule is NS(=O)(=O)c1ccc(-c2cnc3c(c2)/C(=C/c2cc(Br)c(O)c(Br)c2)C(=O)N3)cc1. The molecule has 2 heterocycles. The molecule has 4 N–H and O–H groups in total. The van der Waals surface area contributed by atoms with E-state index in [1.807, 2.05) is 6.07 Å². The molecule has 0 atom stereocenters. The maximum absolute atomic E-state index is 12.5. The average molecular weight is 551 g/mol. The van der Waals surface area contributed by atoms with Gasteiger partial charge < -0.3 is 10.4 Å². The Kier molecular flexibility index (Phi) is 5.27. The second-order valence-corrected chi connectivity index (χ2v) is 9.80. The number of aromatic hydroxyl groups is 1. The number of sulfonamides is 1. The molecule has 0 spiro atoms. The predicted octanol–water partition coefficient (Wildman–Crippen LogP) is 4.12. The van der Waals surface area contributed by atoms with Crippen molar-refractivity contribution in [1.82, 2.24) is 4.98 Å². The van der Waals surface area contributed by atoms with E-state index in [9.17, 15) is 18.3 Å². The van der Waals surface area contributed by atoms with Crippen molar-refractivity contribution in [2.45, 2.75) is 4.90 Å². The van der Waals surface area contributed by atoms with Gasteiger partial charge in [0, 0.05) is 17.3 Å². The summed E-state index contributed by atoms with van der Waals surface area (Å²) in [6.45, 7) is 0. The number of phenols is 1. The van der Waals surface area contributed by atoms with E-state index in [4.69, 9.17) is 5.14 Å². The Hall–Kier alpha value is -2.53. The zero-order valence-corrected chi connectivity index (χ0v) is 19.0. The summed E-state index contributed by atoms with van der Waals surface area (Å²) in [4.78, 5) is 16.8. The predicted molar refractivity (Wildman–Crippen MR) is 121 cm³/mol. The fourth-order valence-electron chi connectivity index (χ4n) is 3.04. The molecule has 1 aromatic heterocycles. The fourth-order valence-corrected chi connectivity index (χ4v) is 4.78. The number of benzene rings is 2. The van der Waals surface area contributed by atoms with Crippen molar-refractivity contribution in [3.05, 3.63) is 68.7 Å². The van der Waals surface area contributed by atoms with E-state index >= 15 is 0 Å². The van der Waals surface area contributed by atoms with Crippen LogP contribution in [0.1, 0.15) is 11.1 Å². The zero-order chi connectivity index (χ0) is 21.6. The molecule has 0 bridgehead atoms. The molecule has 4 rings (SSSR count). The first kappa shape index (κ1) is 20.7. The van der Waals surface area contributed by atoms with Crippen molar-refractivity contribution in [2.24, 2.45) is 5.14 Å². The third kappa shape index (κ3) is 3.91. The van der Waals surface area contributed by atoms with Gasteiger partial charge in [-0.2, -0.15) is 0 Å². The summed E-state index contributed by atoms with van der Waals surface area (Å²) >= 11 is 6.56. The molecule has 1 aliphatic heterocycles. The van der Waals surface area contributed by atoms with Crippen LogP contribution in [0.3, 0.4) is 0 Å². The van der Waals surface area contributed by atoms with Gasteiger partial charge >= 0.3 is 0 Å². The Morgan fingerprint density at radius 1 is 1.03 bits per heavy atom. The van der Waals surface area contributed by atoms with Crippen molar-refractivity contribution in [2.75, 3.05) is 5.32 Å². The maximum atomic E-state index is 12.5. The van der Waals surface area contributed by atoms with Gasteiger partial charge in [0.1, 0.15) is 11.6 Å². The number of primary sulfonamides is 1. The minimum atomic E-state index is -3.78. The van der Waals surface area contributed by atoms with E-state index in [0.29, 0.717) is 37.0 Å². The van der Waals surface area contributed by atoms with E-state index in [-0.39, 0.29) is 16.6 Å². The number of hydrogen-bond acceptors (Lipinski definition) is 5. The van der Waals surface area contributed by atoms with Gasteiger partial charge in [0.05, 0.1) is 19.4 Å². The molecule has 152 valence electrons. The topological polar surface area (TPSA) is 122 Å². The Morgan fingerprint density at radius 3 is 2.27 bits per heavy atom. The van der Waals surface area contributed by atoms with Gasteiger partial charge in [-0.1, -0.05) is 12.1 Å². The Bertz CT molecular complexity index is 1310. The first-order chi connectivity index (χ1) is 14.1. The van der Waals surface area contributed by atoms with Crippen molar-refractivity contribution in [3.8, 4) is 16.9 Å². The number of phenolic OH excluding ortho intramolecular Hbond substituents is 1. The van der Waals surface area contributed by atoms with Crippen LogP contribution >= 0.6 is 31.9 Å². The van der Waals surface area contributed by atoms with Gasteiger partial charge in [-0.05, 0) is 79.4 Å². The van der Waals surface area contributed by atoms with Gasteiger partial charge in [-0.25, -0.2) is 18.5 Å². The smallest absolute Gasteiger partial charge is 0.257 e. The van der Waals surface area contributed by atoms with Crippen LogP contribution in [0.2, 0.25) is 0 Å². The highest BCUT2D eigenvalue weighted by atomic mass is 79.9. The number of halogens is 2. The van der Waals surface area contributed by atoms with E-state index in [2.05, 4.69) is 42.2 Å².